The monoisotopic (exact) mass is 381 g/mol. The highest BCUT2D eigenvalue weighted by Crippen LogP contribution is 2.37. The molecule has 0 aromatic carbocycles. The third-order valence-electron chi connectivity index (χ3n) is 6.03. The van der Waals surface area contributed by atoms with Gasteiger partial charge in [-0.1, -0.05) is 0 Å². The van der Waals surface area contributed by atoms with Crippen LogP contribution < -0.4 is 21.9 Å². The molecule has 0 spiro atoms. The van der Waals surface area contributed by atoms with Crippen LogP contribution in [0.2, 0.25) is 0 Å². The van der Waals surface area contributed by atoms with Crippen LogP contribution in [-0.4, -0.2) is 51.6 Å². The fraction of sp³-hybridized carbons (Fsp3) is 0.952. The summed E-state index contributed by atoms with van der Waals surface area (Å²) in [6.07, 6.45) is 4.81. The molecule has 0 aliphatic carbocycles. The quantitative estimate of drug-likeness (QED) is 0.334. The second-order valence-electron chi connectivity index (χ2n) is 11.5. The molecule has 5 N–H and O–H groups in total. The van der Waals surface area contributed by atoms with E-state index in [0.29, 0.717) is 18.5 Å². The minimum atomic E-state index is -0.0834. The molecule has 158 valence electrons. The Kier molecular flexibility index (Phi) is 6.38. The van der Waals surface area contributed by atoms with E-state index in [9.17, 15) is 4.79 Å². The van der Waals surface area contributed by atoms with Gasteiger partial charge in [-0.25, -0.2) is 5.84 Å². The largest absolute Gasteiger partial charge is 0.307 e. The third-order valence-corrected chi connectivity index (χ3v) is 6.03. The average molecular weight is 382 g/mol. The molecule has 0 bridgehead atoms. The van der Waals surface area contributed by atoms with Crippen LogP contribution in [0.1, 0.15) is 87.5 Å². The molecule has 0 unspecified atom stereocenters. The van der Waals surface area contributed by atoms with Gasteiger partial charge in [0.1, 0.15) is 0 Å². The molecular formula is C21H43N5O. The molecule has 0 saturated carbocycles. The molecule has 1 amide bonds. The number of carbonyl (C=O) groups is 1. The second-order valence-corrected chi connectivity index (χ2v) is 11.5. The predicted octanol–water partition coefficient (Wildman–Crippen LogP) is 2.29. The van der Waals surface area contributed by atoms with Gasteiger partial charge in [-0.15, -0.1) is 0 Å². The van der Waals surface area contributed by atoms with Crippen LogP contribution >= 0.6 is 0 Å². The molecule has 2 heterocycles. The first-order chi connectivity index (χ1) is 12.1. The summed E-state index contributed by atoms with van der Waals surface area (Å²) in [6, 6.07) is 0.910. The number of hydrogen-bond acceptors (Lipinski definition) is 5. The summed E-state index contributed by atoms with van der Waals surface area (Å²) in [7, 11) is 0. The van der Waals surface area contributed by atoms with Gasteiger partial charge in [-0.2, -0.15) is 0 Å². The number of rotatable bonds is 5. The fourth-order valence-corrected chi connectivity index (χ4v) is 5.97. The van der Waals surface area contributed by atoms with Gasteiger partial charge >= 0.3 is 0 Å². The SMILES string of the molecule is CC1(C)CC(N(CCC(=O)NN)C2CC(C)(C)NC(C)(C)C2)CC(C)(C)N1. The van der Waals surface area contributed by atoms with Gasteiger partial charge in [0.25, 0.3) is 0 Å². The van der Waals surface area contributed by atoms with Crippen LogP contribution in [0.5, 0.6) is 0 Å². The molecule has 27 heavy (non-hydrogen) atoms. The zero-order valence-corrected chi connectivity index (χ0v) is 18.8. The number of hydrazine groups is 1. The lowest BCUT2D eigenvalue weighted by atomic mass is 9.75. The van der Waals surface area contributed by atoms with Gasteiger partial charge < -0.3 is 10.6 Å². The van der Waals surface area contributed by atoms with Gasteiger partial charge in [0, 0.05) is 47.2 Å². The van der Waals surface area contributed by atoms with Gasteiger partial charge in [0.05, 0.1) is 0 Å². The van der Waals surface area contributed by atoms with Crippen molar-refractivity contribution >= 4 is 5.91 Å². The topological polar surface area (TPSA) is 82.4 Å². The van der Waals surface area contributed by atoms with Gasteiger partial charge in [0.2, 0.25) is 5.91 Å². The van der Waals surface area contributed by atoms with E-state index in [1.54, 1.807) is 0 Å². The number of nitrogens with zero attached hydrogens (tertiary/aromatic N) is 1. The minimum absolute atomic E-state index is 0.0821. The Morgan fingerprint density at radius 2 is 1.19 bits per heavy atom. The van der Waals surface area contributed by atoms with E-state index >= 15 is 0 Å². The lowest BCUT2D eigenvalue weighted by Gasteiger charge is -2.55. The molecule has 0 atom stereocenters. The molecule has 0 aromatic rings. The molecule has 0 aromatic heterocycles. The Bertz CT molecular complexity index is 471. The summed E-state index contributed by atoms with van der Waals surface area (Å²) in [6.45, 7) is 19.1. The Balaban J connectivity index is 2.29. The number of carbonyl (C=O) groups excluding carboxylic acids is 1. The van der Waals surface area contributed by atoms with Crippen molar-refractivity contribution in [2.45, 2.75) is 122 Å². The van der Waals surface area contributed by atoms with Crippen molar-refractivity contribution in [3.8, 4) is 0 Å². The van der Waals surface area contributed by atoms with E-state index in [2.05, 4.69) is 76.3 Å². The van der Waals surface area contributed by atoms with E-state index in [4.69, 9.17) is 5.84 Å². The highest BCUT2D eigenvalue weighted by Gasteiger charge is 2.45. The smallest absolute Gasteiger partial charge is 0.235 e. The average Bonchev–Trinajstić information content (AvgIpc) is 2.40. The maximum atomic E-state index is 11.9. The second kappa shape index (κ2) is 7.62. The lowest BCUT2D eigenvalue weighted by molar-refractivity contribution is -0.122. The molecule has 6 heteroatoms. The molecule has 2 fully saturated rings. The molecule has 2 aliphatic rings. The Hall–Kier alpha value is -0.690. The van der Waals surface area contributed by atoms with Crippen LogP contribution in [-0.2, 0) is 4.79 Å². The van der Waals surface area contributed by atoms with Crippen LogP contribution in [0.4, 0.5) is 0 Å². The third kappa shape index (κ3) is 6.41. The number of amides is 1. The van der Waals surface area contributed by atoms with Crippen molar-refractivity contribution in [1.29, 1.82) is 0 Å². The van der Waals surface area contributed by atoms with Gasteiger partial charge in [-0.05, 0) is 81.1 Å². The van der Waals surface area contributed by atoms with Crippen molar-refractivity contribution in [3.63, 3.8) is 0 Å². The maximum absolute atomic E-state index is 11.9. The first-order valence-electron chi connectivity index (χ1n) is 10.5. The molecule has 2 aliphatic heterocycles. The Morgan fingerprint density at radius 1 is 0.852 bits per heavy atom. The van der Waals surface area contributed by atoms with Gasteiger partial charge in [-0.3, -0.25) is 15.1 Å². The number of hydrogen-bond donors (Lipinski definition) is 4. The maximum Gasteiger partial charge on any atom is 0.235 e. The van der Waals surface area contributed by atoms with E-state index < -0.39 is 0 Å². The van der Waals surface area contributed by atoms with Crippen LogP contribution in [0.15, 0.2) is 0 Å². The number of nitrogens with two attached hydrogens (primary N) is 1. The summed E-state index contributed by atoms with van der Waals surface area (Å²) in [4.78, 5) is 14.5. The number of piperidine rings is 2. The van der Waals surface area contributed by atoms with E-state index in [-0.39, 0.29) is 28.1 Å². The fourth-order valence-electron chi connectivity index (χ4n) is 5.97. The van der Waals surface area contributed by atoms with Gasteiger partial charge in [0.15, 0.2) is 0 Å². The lowest BCUT2D eigenvalue weighted by Crippen LogP contribution is -2.67. The van der Waals surface area contributed by atoms with E-state index in [1.165, 1.54) is 0 Å². The summed E-state index contributed by atoms with van der Waals surface area (Å²) < 4.78 is 0. The van der Waals surface area contributed by atoms with Crippen molar-refractivity contribution in [3.05, 3.63) is 0 Å². The summed E-state index contributed by atoms with van der Waals surface area (Å²) in [5.74, 6) is 5.27. The van der Waals surface area contributed by atoms with E-state index in [0.717, 1.165) is 32.2 Å². The van der Waals surface area contributed by atoms with Crippen molar-refractivity contribution < 1.29 is 4.79 Å². The first-order valence-corrected chi connectivity index (χ1v) is 10.5. The molecule has 2 saturated heterocycles. The van der Waals surface area contributed by atoms with Crippen LogP contribution in [0.3, 0.4) is 0 Å². The zero-order chi connectivity index (χ0) is 20.7. The van der Waals surface area contributed by atoms with E-state index in [1.807, 2.05) is 0 Å². The van der Waals surface area contributed by atoms with Crippen LogP contribution in [0.25, 0.3) is 0 Å². The summed E-state index contributed by atoms with van der Waals surface area (Å²) in [5, 5.41) is 7.58. The molecule has 2 rings (SSSR count). The first kappa shape index (κ1) is 22.6. The van der Waals surface area contributed by atoms with Crippen molar-refractivity contribution in [1.82, 2.24) is 21.0 Å². The Labute approximate surface area is 166 Å². The zero-order valence-electron chi connectivity index (χ0n) is 18.8. The predicted molar refractivity (Wildman–Crippen MR) is 112 cm³/mol. The Morgan fingerprint density at radius 3 is 1.48 bits per heavy atom. The number of nitrogens with one attached hydrogen (secondary N) is 3. The normalized spacial score (nSPS) is 27.5. The molecule has 0 radical (unpaired) electrons. The molecule has 6 nitrogen and oxygen atoms in total. The summed E-state index contributed by atoms with van der Waals surface area (Å²) in [5.41, 5.74) is 2.63. The van der Waals surface area contributed by atoms with Crippen molar-refractivity contribution in [2.75, 3.05) is 6.54 Å². The standard InChI is InChI=1S/C21H43N5O/c1-18(2)11-15(12-19(3,4)24-18)26(10-9-17(27)23-22)16-13-20(5,6)25-21(7,8)14-16/h15-16,24-25H,9-14,22H2,1-8H3,(H,23,27). The highest BCUT2D eigenvalue weighted by atomic mass is 16.2. The minimum Gasteiger partial charge on any atom is -0.307 e. The van der Waals surface area contributed by atoms with Crippen molar-refractivity contribution in [2.24, 2.45) is 5.84 Å². The highest BCUT2D eigenvalue weighted by molar-refractivity contribution is 5.75. The van der Waals surface area contributed by atoms with Crippen LogP contribution in [0, 0.1) is 0 Å². The molecular weight excluding hydrogens is 338 g/mol. The summed E-state index contributed by atoms with van der Waals surface area (Å²) >= 11 is 0.